The number of ether oxygens (including phenoxy) is 1. The lowest BCUT2D eigenvalue weighted by Crippen LogP contribution is -1.97. The van der Waals surface area contributed by atoms with Crippen LogP contribution in [0.2, 0.25) is 0 Å². The van der Waals surface area contributed by atoms with Crippen LogP contribution in [0.1, 0.15) is 5.56 Å². The lowest BCUT2D eigenvalue weighted by molar-refractivity contribution is 0.414. The molecule has 66 valence electrons. The molecule has 0 amide bonds. The van der Waals surface area contributed by atoms with Gasteiger partial charge in [0.15, 0.2) is 0 Å². The third-order valence-corrected chi connectivity index (χ3v) is 2.03. The van der Waals surface area contributed by atoms with Crippen LogP contribution in [-0.2, 0) is 0 Å². The topological polar surface area (TPSA) is 21.6 Å². The summed E-state index contributed by atoms with van der Waals surface area (Å²) in [5.74, 6) is 0.882. The zero-order valence-electron chi connectivity index (χ0n) is 7.53. The van der Waals surface area contributed by atoms with Crippen molar-refractivity contribution in [3.63, 3.8) is 0 Å². The van der Waals surface area contributed by atoms with E-state index in [1.165, 1.54) is 0 Å². The Bertz CT molecular complexity index is 366. The average molecular weight is 173 g/mol. The van der Waals surface area contributed by atoms with E-state index in [-0.39, 0.29) is 0 Å². The van der Waals surface area contributed by atoms with E-state index in [0.29, 0.717) is 0 Å². The maximum atomic E-state index is 5.24. The smallest absolute Gasteiger partial charge is 0.128 e. The van der Waals surface area contributed by atoms with Gasteiger partial charge in [-0.05, 0) is 18.2 Å². The molecule has 0 radical (unpaired) electrons. The standard InChI is InChI=1S/C11H11NO/c1-13-11-7-3-2-5-9(11)10-6-4-8-12-10/h2-7H,8H2,1H3. The van der Waals surface area contributed by atoms with Crippen LogP contribution >= 0.6 is 0 Å². The van der Waals surface area contributed by atoms with E-state index in [1.807, 2.05) is 36.4 Å². The zero-order chi connectivity index (χ0) is 9.10. The minimum atomic E-state index is 0.785. The van der Waals surface area contributed by atoms with E-state index in [9.17, 15) is 0 Å². The Kier molecular flexibility index (Phi) is 2.13. The molecule has 0 saturated carbocycles. The quantitative estimate of drug-likeness (QED) is 0.670. The van der Waals surface area contributed by atoms with Gasteiger partial charge in [-0.2, -0.15) is 0 Å². The fraction of sp³-hybridized carbons (Fsp3) is 0.182. The maximum absolute atomic E-state index is 5.24. The van der Waals surface area contributed by atoms with Gasteiger partial charge in [-0.3, -0.25) is 4.99 Å². The average Bonchev–Trinajstić information content (AvgIpc) is 2.70. The van der Waals surface area contributed by atoms with Crippen LogP contribution in [0.3, 0.4) is 0 Å². The highest BCUT2D eigenvalue weighted by Crippen LogP contribution is 2.20. The number of allylic oxidation sites excluding steroid dienone is 1. The van der Waals surface area contributed by atoms with Crippen LogP contribution in [0.25, 0.3) is 0 Å². The predicted octanol–water partition coefficient (Wildman–Crippen LogP) is 2.05. The van der Waals surface area contributed by atoms with Crippen LogP contribution in [-0.4, -0.2) is 19.4 Å². The molecule has 1 aromatic carbocycles. The highest BCUT2D eigenvalue weighted by molar-refractivity contribution is 6.11. The Balaban J connectivity index is 2.44. The summed E-state index contributed by atoms with van der Waals surface area (Å²) in [6.07, 6.45) is 4.07. The molecule has 2 nitrogen and oxygen atoms in total. The molecular weight excluding hydrogens is 162 g/mol. The Labute approximate surface area is 77.6 Å². The SMILES string of the molecule is COc1ccccc1C1=NCC=C1. The van der Waals surface area contributed by atoms with Crippen molar-refractivity contribution in [2.45, 2.75) is 0 Å². The number of nitrogens with zero attached hydrogens (tertiary/aromatic N) is 1. The molecule has 0 bridgehead atoms. The van der Waals surface area contributed by atoms with Crippen LogP contribution in [0.15, 0.2) is 41.4 Å². The van der Waals surface area contributed by atoms with Crippen molar-refractivity contribution < 1.29 is 4.74 Å². The molecule has 0 aliphatic carbocycles. The first-order valence-electron chi connectivity index (χ1n) is 4.26. The molecule has 1 aromatic rings. The van der Waals surface area contributed by atoms with Crippen LogP contribution < -0.4 is 4.74 Å². The lowest BCUT2D eigenvalue weighted by Gasteiger charge is -2.05. The third-order valence-electron chi connectivity index (χ3n) is 2.03. The highest BCUT2D eigenvalue weighted by atomic mass is 16.5. The van der Waals surface area contributed by atoms with Crippen molar-refractivity contribution in [3.8, 4) is 5.75 Å². The summed E-state index contributed by atoms with van der Waals surface area (Å²) < 4.78 is 5.24. The molecule has 13 heavy (non-hydrogen) atoms. The summed E-state index contributed by atoms with van der Waals surface area (Å²) in [5, 5.41) is 0. The number of aliphatic imine (C=N–C) groups is 1. The van der Waals surface area contributed by atoms with Crippen LogP contribution in [0.5, 0.6) is 5.75 Å². The third kappa shape index (κ3) is 1.47. The second-order valence-corrected chi connectivity index (χ2v) is 2.83. The summed E-state index contributed by atoms with van der Waals surface area (Å²) >= 11 is 0. The fourth-order valence-corrected chi connectivity index (χ4v) is 1.40. The van der Waals surface area contributed by atoms with Crippen molar-refractivity contribution in [3.05, 3.63) is 42.0 Å². The molecule has 0 spiro atoms. The molecular formula is C11H11NO. The van der Waals surface area contributed by atoms with Gasteiger partial charge in [0.25, 0.3) is 0 Å². The summed E-state index contributed by atoms with van der Waals surface area (Å²) in [6, 6.07) is 7.92. The van der Waals surface area contributed by atoms with Crippen LogP contribution in [0, 0.1) is 0 Å². The zero-order valence-corrected chi connectivity index (χ0v) is 7.53. The van der Waals surface area contributed by atoms with Gasteiger partial charge < -0.3 is 4.74 Å². The molecule has 2 heteroatoms. The summed E-state index contributed by atoms with van der Waals surface area (Å²) in [5.41, 5.74) is 2.08. The Hall–Kier alpha value is -1.57. The Morgan fingerprint density at radius 3 is 2.85 bits per heavy atom. The largest absolute Gasteiger partial charge is 0.496 e. The number of rotatable bonds is 2. The molecule has 0 unspecified atom stereocenters. The van der Waals surface area contributed by atoms with E-state index < -0.39 is 0 Å². The van der Waals surface area contributed by atoms with Gasteiger partial charge in [0.05, 0.1) is 19.4 Å². The summed E-state index contributed by atoms with van der Waals surface area (Å²) in [7, 11) is 1.68. The first-order valence-corrected chi connectivity index (χ1v) is 4.26. The maximum Gasteiger partial charge on any atom is 0.128 e. The van der Waals surface area contributed by atoms with Gasteiger partial charge in [0, 0.05) is 5.56 Å². The molecule has 2 rings (SSSR count). The first kappa shape index (κ1) is 8.05. The van der Waals surface area contributed by atoms with Gasteiger partial charge in [0.2, 0.25) is 0 Å². The van der Waals surface area contributed by atoms with E-state index in [0.717, 1.165) is 23.6 Å². The van der Waals surface area contributed by atoms with E-state index in [4.69, 9.17) is 4.74 Å². The molecule has 0 N–H and O–H groups in total. The normalized spacial score (nSPS) is 14.4. The molecule has 1 aliphatic rings. The van der Waals surface area contributed by atoms with Gasteiger partial charge in [0.1, 0.15) is 5.75 Å². The molecule has 0 fully saturated rings. The fourth-order valence-electron chi connectivity index (χ4n) is 1.40. The number of benzene rings is 1. The second kappa shape index (κ2) is 3.44. The van der Waals surface area contributed by atoms with Gasteiger partial charge in [-0.1, -0.05) is 18.2 Å². The minimum Gasteiger partial charge on any atom is -0.496 e. The molecule has 1 heterocycles. The van der Waals surface area contributed by atoms with Crippen molar-refractivity contribution in [2.75, 3.05) is 13.7 Å². The van der Waals surface area contributed by atoms with E-state index >= 15 is 0 Å². The number of methoxy groups -OCH3 is 1. The Morgan fingerprint density at radius 2 is 2.15 bits per heavy atom. The number of para-hydroxylation sites is 1. The van der Waals surface area contributed by atoms with Crippen molar-refractivity contribution in [1.29, 1.82) is 0 Å². The number of hydrogen-bond donors (Lipinski definition) is 0. The monoisotopic (exact) mass is 173 g/mol. The Morgan fingerprint density at radius 1 is 1.31 bits per heavy atom. The van der Waals surface area contributed by atoms with Gasteiger partial charge >= 0.3 is 0 Å². The van der Waals surface area contributed by atoms with Crippen molar-refractivity contribution in [2.24, 2.45) is 4.99 Å². The van der Waals surface area contributed by atoms with Crippen molar-refractivity contribution in [1.82, 2.24) is 0 Å². The first-order chi connectivity index (χ1) is 6.42. The van der Waals surface area contributed by atoms with Gasteiger partial charge in [-0.25, -0.2) is 0 Å². The summed E-state index contributed by atoms with van der Waals surface area (Å²) in [6.45, 7) is 0.785. The predicted molar refractivity (Wildman–Crippen MR) is 53.5 cm³/mol. The summed E-state index contributed by atoms with van der Waals surface area (Å²) in [4.78, 5) is 4.34. The van der Waals surface area contributed by atoms with Gasteiger partial charge in [-0.15, -0.1) is 0 Å². The molecule has 0 saturated heterocycles. The van der Waals surface area contributed by atoms with E-state index in [1.54, 1.807) is 7.11 Å². The minimum absolute atomic E-state index is 0.785. The van der Waals surface area contributed by atoms with Crippen LogP contribution in [0.4, 0.5) is 0 Å². The van der Waals surface area contributed by atoms with E-state index in [2.05, 4.69) is 4.99 Å². The second-order valence-electron chi connectivity index (χ2n) is 2.83. The lowest BCUT2D eigenvalue weighted by atomic mass is 10.1. The van der Waals surface area contributed by atoms with Crippen molar-refractivity contribution >= 4 is 5.71 Å². The molecule has 1 aliphatic heterocycles. The molecule has 0 atom stereocenters. The number of hydrogen-bond acceptors (Lipinski definition) is 2. The molecule has 0 aromatic heterocycles. The highest BCUT2D eigenvalue weighted by Gasteiger charge is 2.07.